The summed E-state index contributed by atoms with van der Waals surface area (Å²) in [5.74, 6) is 0.128. The lowest BCUT2D eigenvalue weighted by Gasteiger charge is -2.22. The van der Waals surface area contributed by atoms with Crippen LogP contribution in [-0.2, 0) is 24.2 Å². The quantitative estimate of drug-likeness (QED) is 0.675. The van der Waals surface area contributed by atoms with Gasteiger partial charge in [0.1, 0.15) is 0 Å². The molecule has 1 atom stereocenters. The van der Waals surface area contributed by atoms with E-state index in [0.717, 1.165) is 43.1 Å². The molecular formula is C23H27ClN4O. The molecule has 1 amide bonds. The Labute approximate surface area is 176 Å². The van der Waals surface area contributed by atoms with Crippen molar-refractivity contribution in [1.82, 2.24) is 20.2 Å². The summed E-state index contributed by atoms with van der Waals surface area (Å²) in [5, 5.41) is 8.30. The summed E-state index contributed by atoms with van der Waals surface area (Å²) in [6.07, 6.45) is 6.11. The summed E-state index contributed by atoms with van der Waals surface area (Å²) < 4.78 is 2.42. The van der Waals surface area contributed by atoms with Gasteiger partial charge >= 0.3 is 0 Å². The van der Waals surface area contributed by atoms with E-state index >= 15 is 0 Å². The number of hydrogen-bond donors (Lipinski definition) is 2. The molecule has 0 saturated heterocycles. The number of halogens is 1. The SMILES string of the molecule is CNC(=O)CC(Cn1c2c(c3cc(Cl)ccc31)CCNCC2)c1ccncc1C. The van der Waals surface area contributed by atoms with Gasteiger partial charge in [0.2, 0.25) is 5.91 Å². The third-order valence-electron chi connectivity index (χ3n) is 5.96. The molecule has 0 fully saturated rings. The molecule has 1 aliphatic heterocycles. The van der Waals surface area contributed by atoms with Crippen molar-refractivity contribution in [1.29, 1.82) is 0 Å². The lowest BCUT2D eigenvalue weighted by molar-refractivity contribution is -0.121. The summed E-state index contributed by atoms with van der Waals surface area (Å²) in [5.41, 5.74) is 6.25. The number of nitrogens with zero attached hydrogens (tertiary/aromatic N) is 2. The molecule has 4 rings (SSSR count). The van der Waals surface area contributed by atoms with Crippen LogP contribution in [0.25, 0.3) is 10.9 Å². The first-order valence-electron chi connectivity index (χ1n) is 10.2. The van der Waals surface area contributed by atoms with Crippen LogP contribution < -0.4 is 10.6 Å². The highest BCUT2D eigenvalue weighted by Gasteiger charge is 2.24. The second-order valence-electron chi connectivity index (χ2n) is 7.75. The predicted octanol–water partition coefficient (Wildman–Crippen LogP) is 3.61. The van der Waals surface area contributed by atoms with Crippen LogP contribution in [0.5, 0.6) is 0 Å². The van der Waals surface area contributed by atoms with Crippen LogP contribution in [0.2, 0.25) is 5.02 Å². The minimum absolute atomic E-state index is 0.0541. The molecule has 0 bridgehead atoms. The van der Waals surface area contributed by atoms with E-state index in [0.29, 0.717) is 6.42 Å². The van der Waals surface area contributed by atoms with Crippen LogP contribution in [0.15, 0.2) is 36.7 Å². The van der Waals surface area contributed by atoms with E-state index < -0.39 is 0 Å². The maximum absolute atomic E-state index is 12.3. The number of amides is 1. The average molecular weight is 411 g/mol. The third kappa shape index (κ3) is 4.02. The maximum atomic E-state index is 12.3. The lowest BCUT2D eigenvalue weighted by atomic mass is 9.92. The van der Waals surface area contributed by atoms with Gasteiger partial charge in [0.15, 0.2) is 0 Å². The molecule has 5 nitrogen and oxygen atoms in total. The zero-order valence-electron chi connectivity index (χ0n) is 17.0. The van der Waals surface area contributed by atoms with Gasteiger partial charge in [-0.1, -0.05) is 11.6 Å². The van der Waals surface area contributed by atoms with Gasteiger partial charge in [-0.15, -0.1) is 0 Å². The first kappa shape index (κ1) is 19.9. The lowest BCUT2D eigenvalue weighted by Crippen LogP contribution is -2.24. The fraction of sp³-hybridized carbons (Fsp3) is 0.391. The topological polar surface area (TPSA) is 59.0 Å². The van der Waals surface area contributed by atoms with E-state index in [4.69, 9.17) is 11.6 Å². The van der Waals surface area contributed by atoms with E-state index in [1.807, 2.05) is 24.5 Å². The molecule has 2 N–H and O–H groups in total. The van der Waals surface area contributed by atoms with Gasteiger partial charge in [0, 0.05) is 72.9 Å². The maximum Gasteiger partial charge on any atom is 0.220 e. The highest BCUT2D eigenvalue weighted by Crippen LogP contribution is 2.34. The molecule has 152 valence electrons. The summed E-state index contributed by atoms with van der Waals surface area (Å²) >= 11 is 6.34. The third-order valence-corrected chi connectivity index (χ3v) is 6.19. The van der Waals surface area contributed by atoms with Gasteiger partial charge in [-0.05, 0) is 60.8 Å². The Morgan fingerprint density at radius 2 is 2.14 bits per heavy atom. The zero-order valence-corrected chi connectivity index (χ0v) is 17.7. The number of nitrogens with one attached hydrogen (secondary N) is 2. The Morgan fingerprint density at radius 3 is 2.93 bits per heavy atom. The fourth-order valence-corrected chi connectivity index (χ4v) is 4.70. The van der Waals surface area contributed by atoms with E-state index in [2.05, 4.69) is 39.2 Å². The highest BCUT2D eigenvalue weighted by molar-refractivity contribution is 6.31. The molecule has 29 heavy (non-hydrogen) atoms. The number of benzene rings is 1. The van der Waals surface area contributed by atoms with Crippen molar-refractivity contribution in [3.05, 3.63) is 64.1 Å². The zero-order chi connectivity index (χ0) is 20.4. The van der Waals surface area contributed by atoms with Crippen molar-refractivity contribution in [3.63, 3.8) is 0 Å². The van der Waals surface area contributed by atoms with Crippen LogP contribution >= 0.6 is 11.6 Å². The number of hydrogen-bond acceptors (Lipinski definition) is 3. The first-order chi connectivity index (χ1) is 14.1. The fourth-order valence-electron chi connectivity index (χ4n) is 4.53. The van der Waals surface area contributed by atoms with Crippen LogP contribution in [0.1, 0.15) is 34.7 Å². The number of fused-ring (bicyclic) bond motifs is 3. The average Bonchev–Trinajstić information content (AvgIpc) is 2.87. The molecular weight excluding hydrogens is 384 g/mol. The van der Waals surface area contributed by atoms with Crippen molar-refractivity contribution in [2.45, 2.75) is 38.6 Å². The molecule has 0 saturated carbocycles. The van der Waals surface area contributed by atoms with E-state index in [9.17, 15) is 4.79 Å². The minimum Gasteiger partial charge on any atom is -0.359 e. The molecule has 1 aromatic carbocycles. The minimum atomic E-state index is 0.0541. The van der Waals surface area contributed by atoms with E-state index in [1.54, 1.807) is 7.05 Å². The molecule has 0 aliphatic carbocycles. The molecule has 1 unspecified atom stereocenters. The molecule has 3 heterocycles. The Bertz CT molecular complexity index is 1040. The second kappa shape index (κ2) is 8.56. The van der Waals surface area contributed by atoms with Gasteiger partial charge in [-0.25, -0.2) is 0 Å². The van der Waals surface area contributed by atoms with Crippen LogP contribution in [0, 0.1) is 6.92 Å². The predicted molar refractivity (Wildman–Crippen MR) is 118 cm³/mol. The smallest absolute Gasteiger partial charge is 0.220 e. The Hall–Kier alpha value is -2.37. The van der Waals surface area contributed by atoms with E-state index in [-0.39, 0.29) is 11.8 Å². The number of pyridine rings is 1. The van der Waals surface area contributed by atoms with Crippen molar-refractivity contribution in [3.8, 4) is 0 Å². The number of aryl methyl sites for hydroxylation is 1. The largest absolute Gasteiger partial charge is 0.359 e. The van der Waals surface area contributed by atoms with Gasteiger partial charge < -0.3 is 15.2 Å². The summed E-state index contributed by atoms with van der Waals surface area (Å²) in [7, 11) is 1.70. The van der Waals surface area contributed by atoms with Crippen molar-refractivity contribution in [2.75, 3.05) is 20.1 Å². The summed E-state index contributed by atoms with van der Waals surface area (Å²) in [6, 6.07) is 8.22. The number of rotatable bonds is 5. The molecule has 6 heteroatoms. The summed E-state index contributed by atoms with van der Waals surface area (Å²) in [4.78, 5) is 16.6. The monoisotopic (exact) mass is 410 g/mol. The normalized spacial score (nSPS) is 15.0. The van der Waals surface area contributed by atoms with Gasteiger partial charge in [0.25, 0.3) is 0 Å². The van der Waals surface area contributed by atoms with Gasteiger partial charge in [0.05, 0.1) is 0 Å². The van der Waals surface area contributed by atoms with Gasteiger partial charge in [-0.3, -0.25) is 9.78 Å². The second-order valence-corrected chi connectivity index (χ2v) is 8.19. The van der Waals surface area contributed by atoms with Crippen molar-refractivity contribution < 1.29 is 4.79 Å². The number of aromatic nitrogens is 2. The Morgan fingerprint density at radius 1 is 1.31 bits per heavy atom. The summed E-state index contributed by atoms with van der Waals surface area (Å²) in [6.45, 7) is 4.76. The first-order valence-corrected chi connectivity index (χ1v) is 10.6. The molecule has 1 aliphatic rings. The molecule has 2 aromatic heterocycles. The van der Waals surface area contributed by atoms with Gasteiger partial charge in [-0.2, -0.15) is 0 Å². The van der Waals surface area contributed by atoms with Crippen molar-refractivity contribution >= 4 is 28.4 Å². The van der Waals surface area contributed by atoms with Crippen LogP contribution in [-0.4, -0.2) is 35.6 Å². The number of carbonyl (C=O) groups is 1. The van der Waals surface area contributed by atoms with Crippen molar-refractivity contribution in [2.24, 2.45) is 0 Å². The van der Waals surface area contributed by atoms with E-state index in [1.165, 1.54) is 27.7 Å². The molecule has 0 radical (unpaired) electrons. The highest BCUT2D eigenvalue weighted by atomic mass is 35.5. The van der Waals surface area contributed by atoms with Crippen LogP contribution in [0.3, 0.4) is 0 Å². The number of carbonyl (C=O) groups excluding carboxylic acids is 1. The molecule has 3 aromatic rings. The Balaban J connectivity index is 1.82. The standard InChI is InChI=1S/C23H27ClN4O/c1-15-13-27-9-5-18(15)16(11-23(29)25-2)14-28-21-4-3-17(24)12-20(21)19-6-8-26-10-7-22(19)28/h3-5,9,12-13,16,26H,6-8,10-11,14H2,1-2H3,(H,25,29). The van der Waals surface area contributed by atoms with Crippen LogP contribution in [0.4, 0.5) is 0 Å². The molecule has 0 spiro atoms. The Kier molecular flexibility index (Phi) is 5.88.